The minimum atomic E-state index is 0.0694. The van der Waals surface area contributed by atoms with Gasteiger partial charge in [-0.1, -0.05) is 47.1 Å². The quantitative estimate of drug-likeness (QED) is 0.812. The average molecular weight is 254 g/mol. The number of rotatable bonds is 4. The lowest BCUT2D eigenvalue weighted by atomic mass is 9.99. The summed E-state index contributed by atoms with van der Waals surface area (Å²) in [7, 11) is 0. The van der Waals surface area contributed by atoms with E-state index < -0.39 is 0 Å². The number of benzene rings is 1. The highest BCUT2D eigenvalue weighted by Gasteiger charge is 2.06. The van der Waals surface area contributed by atoms with Gasteiger partial charge in [-0.2, -0.15) is 0 Å². The summed E-state index contributed by atoms with van der Waals surface area (Å²) in [5, 5.41) is 0. The van der Waals surface area contributed by atoms with Crippen LogP contribution >= 0.6 is 15.9 Å². The van der Waals surface area contributed by atoms with Gasteiger partial charge in [-0.3, -0.25) is 0 Å². The minimum Gasteiger partial charge on any atom is -0.324 e. The molecule has 0 heterocycles. The van der Waals surface area contributed by atoms with Gasteiger partial charge in [0, 0.05) is 10.5 Å². The normalized spacial score (nSPS) is 12.5. The molecule has 0 aromatic heterocycles. The molecule has 0 bridgehead atoms. The van der Waals surface area contributed by atoms with Crippen LogP contribution in [0.2, 0.25) is 0 Å². The first-order valence-corrected chi connectivity index (χ1v) is 5.60. The van der Waals surface area contributed by atoms with Crippen molar-refractivity contribution in [2.24, 2.45) is 5.73 Å². The van der Waals surface area contributed by atoms with E-state index in [9.17, 15) is 0 Å². The third kappa shape index (κ3) is 3.28. The summed E-state index contributed by atoms with van der Waals surface area (Å²) in [6.45, 7) is 6.08. The van der Waals surface area contributed by atoms with Crippen LogP contribution in [0, 0.1) is 0 Å². The van der Waals surface area contributed by atoms with Crippen LogP contribution in [0.1, 0.15) is 31.4 Å². The van der Waals surface area contributed by atoms with E-state index >= 15 is 0 Å². The van der Waals surface area contributed by atoms with Crippen molar-refractivity contribution >= 4 is 15.9 Å². The molecule has 0 aliphatic rings. The van der Waals surface area contributed by atoms with Crippen LogP contribution in [0.3, 0.4) is 0 Å². The van der Waals surface area contributed by atoms with E-state index in [-0.39, 0.29) is 6.04 Å². The van der Waals surface area contributed by atoms with Crippen molar-refractivity contribution in [2.75, 3.05) is 0 Å². The van der Waals surface area contributed by atoms with Gasteiger partial charge in [0.15, 0.2) is 0 Å². The van der Waals surface area contributed by atoms with Crippen LogP contribution < -0.4 is 5.73 Å². The SMILES string of the molecule is C=C(CC)CC(N)c1cccc(Br)c1. The number of hydrogen-bond donors (Lipinski definition) is 1. The first-order chi connectivity index (χ1) is 6.63. The molecule has 2 N–H and O–H groups in total. The Hall–Kier alpha value is -0.600. The maximum Gasteiger partial charge on any atom is 0.0332 e. The van der Waals surface area contributed by atoms with Crippen molar-refractivity contribution in [3.05, 3.63) is 46.5 Å². The molecule has 0 saturated carbocycles. The van der Waals surface area contributed by atoms with E-state index in [0.717, 1.165) is 22.9 Å². The summed E-state index contributed by atoms with van der Waals surface area (Å²) in [6.07, 6.45) is 1.87. The molecule has 0 spiro atoms. The van der Waals surface area contributed by atoms with E-state index in [4.69, 9.17) is 5.73 Å². The van der Waals surface area contributed by atoms with E-state index in [1.54, 1.807) is 0 Å². The zero-order valence-corrected chi connectivity index (χ0v) is 10.0. The lowest BCUT2D eigenvalue weighted by Gasteiger charge is -2.13. The molecular weight excluding hydrogens is 238 g/mol. The third-order valence-electron chi connectivity index (χ3n) is 2.29. The largest absolute Gasteiger partial charge is 0.324 e. The standard InChI is InChI=1S/C12H16BrN/c1-3-9(2)7-12(14)10-5-4-6-11(13)8-10/h4-6,8,12H,2-3,7,14H2,1H3. The molecule has 1 aromatic rings. The highest BCUT2D eigenvalue weighted by atomic mass is 79.9. The molecule has 0 amide bonds. The van der Waals surface area contributed by atoms with Crippen LogP contribution in [0.5, 0.6) is 0 Å². The average Bonchev–Trinajstić information content (AvgIpc) is 2.17. The molecule has 1 atom stereocenters. The summed E-state index contributed by atoms with van der Waals surface area (Å²) in [5.41, 5.74) is 8.43. The Bertz CT molecular complexity index is 320. The Morgan fingerprint density at radius 1 is 1.57 bits per heavy atom. The van der Waals surface area contributed by atoms with E-state index in [1.165, 1.54) is 5.57 Å². The van der Waals surface area contributed by atoms with E-state index in [1.807, 2.05) is 12.1 Å². The number of halogens is 1. The van der Waals surface area contributed by atoms with Crippen LogP contribution in [-0.4, -0.2) is 0 Å². The number of nitrogens with two attached hydrogens (primary N) is 1. The maximum absolute atomic E-state index is 6.06. The molecule has 0 aliphatic heterocycles. The molecule has 0 saturated heterocycles. The van der Waals surface area contributed by atoms with Gasteiger partial charge in [-0.25, -0.2) is 0 Å². The molecule has 0 radical (unpaired) electrons. The summed E-state index contributed by atoms with van der Waals surface area (Å²) in [6, 6.07) is 8.20. The highest BCUT2D eigenvalue weighted by Crippen LogP contribution is 2.22. The third-order valence-corrected chi connectivity index (χ3v) is 2.78. The molecule has 76 valence electrons. The number of hydrogen-bond acceptors (Lipinski definition) is 1. The van der Waals surface area contributed by atoms with E-state index in [0.29, 0.717) is 0 Å². The zero-order valence-electron chi connectivity index (χ0n) is 8.46. The summed E-state index contributed by atoms with van der Waals surface area (Å²) < 4.78 is 1.08. The summed E-state index contributed by atoms with van der Waals surface area (Å²) in [4.78, 5) is 0. The second kappa shape index (κ2) is 5.32. The van der Waals surface area contributed by atoms with Gasteiger partial charge in [0.2, 0.25) is 0 Å². The monoisotopic (exact) mass is 253 g/mol. The van der Waals surface area contributed by atoms with Gasteiger partial charge in [0.05, 0.1) is 0 Å². The van der Waals surface area contributed by atoms with Gasteiger partial charge >= 0.3 is 0 Å². The smallest absolute Gasteiger partial charge is 0.0332 e. The van der Waals surface area contributed by atoms with Crippen molar-refractivity contribution in [3.8, 4) is 0 Å². The second-order valence-electron chi connectivity index (χ2n) is 3.47. The highest BCUT2D eigenvalue weighted by molar-refractivity contribution is 9.10. The second-order valence-corrected chi connectivity index (χ2v) is 4.38. The van der Waals surface area contributed by atoms with Gasteiger partial charge in [0.1, 0.15) is 0 Å². The predicted molar refractivity (Wildman–Crippen MR) is 65.1 cm³/mol. The van der Waals surface area contributed by atoms with Gasteiger partial charge in [0.25, 0.3) is 0 Å². The molecule has 1 aromatic carbocycles. The van der Waals surface area contributed by atoms with Crippen LogP contribution in [-0.2, 0) is 0 Å². The maximum atomic E-state index is 6.06. The van der Waals surface area contributed by atoms with Crippen molar-refractivity contribution in [3.63, 3.8) is 0 Å². The Morgan fingerprint density at radius 2 is 2.29 bits per heavy atom. The van der Waals surface area contributed by atoms with Crippen molar-refractivity contribution < 1.29 is 0 Å². The van der Waals surface area contributed by atoms with E-state index in [2.05, 4.69) is 41.6 Å². The molecule has 14 heavy (non-hydrogen) atoms. The summed E-state index contributed by atoms with van der Waals surface area (Å²) in [5.74, 6) is 0. The topological polar surface area (TPSA) is 26.0 Å². The van der Waals surface area contributed by atoms with Crippen LogP contribution in [0.4, 0.5) is 0 Å². The minimum absolute atomic E-state index is 0.0694. The lowest BCUT2D eigenvalue weighted by molar-refractivity contribution is 0.701. The summed E-state index contributed by atoms with van der Waals surface area (Å²) >= 11 is 3.44. The molecule has 1 unspecified atom stereocenters. The van der Waals surface area contributed by atoms with Crippen molar-refractivity contribution in [1.82, 2.24) is 0 Å². The Morgan fingerprint density at radius 3 is 2.86 bits per heavy atom. The Balaban J connectivity index is 2.69. The lowest BCUT2D eigenvalue weighted by Crippen LogP contribution is -2.10. The van der Waals surface area contributed by atoms with Crippen molar-refractivity contribution in [1.29, 1.82) is 0 Å². The molecule has 0 fully saturated rings. The molecule has 2 heteroatoms. The molecule has 1 rings (SSSR count). The van der Waals surface area contributed by atoms with Crippen molar-refractivity contribution in [2.45, 2.75) is 25.8 Å². The Labute approximate surface area is 94.1 Å². The first kappa shape index (κ1) is 11.5. The fourth-order valence-electron chi connectivity index (χ4n) is 1.31. The van der Waals surface area contributed by atoms with Crippen LogP contribution in [0.25, 0.3) is 0 Å². The predicted octanol–water partition coefficient (Wildman–Crippen LogP) is 3.81. The van der Waals surface area contributed by atoms with Crippen LogP contribution in [0.15, 0.2) is 40.9 Å². The fourth-order valence-corrected chi connectivity index (χ4v) is 1.73. The Kier molecular flexibility index (Phi) is 4.36. The van der Waals surface area contributed by atoms with Gasteiger partial charge in [-0.05, 0) is 30.5 Å². The fraction of sp³-hybridized carbons (Fsp3) is 0.333. The molecule has 1 nitrogen and oxygen atoms in total. The zero-order chi connectivity index (χ0) is 10.6. The first-order valence-electron chi connectivity index (χ1n) is 4.81. The van der Waals surface area contributed by atoms with Gasteiger partial charge < -0.3 is 5.73 Å². The molecule has 0 aliphatic carbocycles. The molecular formula is C12H16BrN. The van der Waals surface area contributed by atoms with Gasteiger partial charge in [-0.15, -0.1) is 0 Å².